The second-order valence-electron chi connectivity index (χ2n) is 4.92. The summed E-state index contributed by atoms with van der Waals surface area (Å²) in [5.74, 6) is -0.333. The Kier molecular flexibility index (Phi) is 4.54. The van der Waals surface area contributed by atoms with Crippen molar-refractivity contribution in [2.45, 2.75) is 4.90 Å². The topological polar surface area (TPSA) is 40.6 Å². The summed E-state index contributed by atoms with van der Waals surface area (Å²) in [4.78, 5) is 4.58. The third-order valence-corrected chi connectivity index (χ3v) is 5.16. The number of hydrogen-bond donors (Lipinski definition) is 0. The molecule has 0 unspecified atom stereocenters. The van der Waals surface area contributed by atoms with E-state index in [1.54, 1.807) is 0 Å². The van der Waals surface area contributed by atoms with Gasteiger partial charge >= 0.3 is 0 Å². The molecule has 2 rings (SSSR count). The lowest BCUT2D eigenvalue weighted by Crippen LogP contribution is -2.45. The Morgan fingerprint density at radius 2 is 1.68 bits per heavy atom. The fraction of sp³-hybridized carbons (Fsp3) is 0.538. The van der Waals surface area contributed by atoms with Gasteiger partial charge in [-0.05, 0) is 31.3 Å². The standard InChI is InChI=1S/C13H19FN2O2S/c1-15-6-8-16(9-7-15)10-11-19(17,18)13-4-2-12(14)3-5-13/h2-5H,6-11H2,1H3. The van der Waals surface area contributed by atoms with Crippen LogP contribution in [0.3, 0.4) is 0 Å². The molecule has 0 bridgehead atoms. The van der Waals surface area contributed by atoms with Crippen LogP contribution in [-0.2, 0) is 9.84 Å². The molecule has 0 aromatic heterocycles. The lowest BCUT2D eigenvalue weighted by molar-refractivity contribution is 0.161. The minimum Gasteiger partial charge on any atom is -0.304 e. The second kappa shape index (κ2) is 5.98. The van der Waals surface area contributed by atoms with Gasteiger partial charge in [-0.25, -0.2) is 12.8 Å². The van der Waals surface area contributed by atoms with Crippen molar-refractivity contribution < 1.29 is 12.8 Å². The van der Waals surface area contributed by atoms with Crippen LogP contribution in [0.1, 0.15) is 0 Å². The second-order valence-corrected chi connectivity index (χ2v) is 7.03. The Bertz CT molecular complexity index is 508. The van der Waals surface area contributed by atoms with E-state index in [9.17, 15) is 12.8 Å². The molecule has 1 saturated heterocycles. The van der Waals surface area contributed by atoms with E-state index in [-0.39, 0.29) is 10.6 Å². The van der Waals surface area contributed by atoms with Gasteiger partial charge in [-0.1, -0.05) is 0 Å². The summed E-state index contributed by atoms with van der Waals surface area (Å²) >= 11 is 0. The van der Waals surface area contributed by atoms with E-state index in [0.29, 0.717) is 6.54 Å². The first kappa shape index (κ1) is 14.4. The number of likely N-dealkylation sites (N-methyl/N-ethyl adjacent to an activating group) is 1. The van der Waals surface area contributed by atoms with Crippen LogP contribution in [0, 0.1) is 5.82 Å². The molecule has 0 N–H and O–H groups in total. The van der Waals surface area contributed by atoms with Gasteiger partial charge in [-0.2, -0.15) is 0 Å². The van der Waals surface area contributed by atoms with E-state index in [0.717, 1.165) is 26.2 Å². The van der Waals surface area contributed by atoms with Crippen LogP contribution < -0.4 is 0 Å². The highest BCUT2D eigenvalue weighted by Crippen LogP contribution is 2.12. The van der Waals surface area contributed by atoms with Gasteiger partial charge in [0.05, 0.1) is 10.6 Å². The molecular formula is C13H19FN2O2S. The molecule has 19 heavy (non-hydrogen) atoms. The molecule has 106 valence electrons. The normalized spacial score (nSPS) is 18.6. The van der Waals surface area contributed by atoms with E-state index in [1.807, 2.05) is 0 Å². The quantitative estimate of drug-likeness (QED) is 0.769. The summed E-state index contributed by atoms with van der Waals surface area (Å²) in [7, 11) is -1.25. The molecule has 1 aromatic rings. The van der Waals surface area contributed by atoms with E-state index in [2.05, 4.69) is 16.8 Å². The summed E-state index contributed by atoms with van der Waals surface area (Å²) in [6.45, 7) is 4.27. The largest absolute Gasteiger partial charge is 0.304 e. The zero-order chi connectivity index (χ0) is 13.9. The Morgan fingerprint density at radius 1 is 1.11 bits per heavy atom. The number of sulfone groups is 1. The average molecular weight is 286 g/mol. The van der Waals surface area contributed by atoms with Crippen LogP contribution >= 0.6 is 0 Å². The van der Waals surface area contributed by atoms with Gasteiger partial charge in [0.15, 0.2) is 9.84 Å². The lowest BCUT2D eigenvalue weighted by Gasteiger charge is -2.32. The van der Waals surface area contributed by atoms with E-state index in [1.165, 1.54) is 24.3 Å². The van der Waals surface area contributed by atoms with Gasteiger partial charge in [0.25, 0.3) is 0 Å². The number of nitrogens with zero attached hydrogens (tertiary/aromatic N) is 2. The molecule has 0 saturated carbocycles. The monoisotopic (exact) mass is 286 g/mol. The Hall–Kier alpha value is -0.980. The zero-order valence-corrected chi connectivity index (χ0v) is 11.9. The fourth-order valence-corrected chi connectivity index (χ4v) is 3.37. The molecule has 1 heterocycles. The highest BCUT2D eigenvalue weighted by atomic mass is 32.2. The van der Waals surface area contributed by atoms with Crippen LogP contribution in [0.25, 0.3) is 0 Å². The van der Waals surface area contributed by atoms with E-state index >= 15 is 0 Å². The zero-order valence-electron chi connectivity index (χ0n) is 11.0. The summed E-state index contributed by atoms with van der Waals surface area (Å²) in [6, 6.07) is 5.02. The summed E-state index contributed by atoms with van der Waals surface area (Å²) in [5.41, 5.74) is 0. The minimum absolute atomic E-state index is 0.0857. The summed E-state index contributed by atoms with van der Waals surface area (Å²) in [5, 5.41) is 0. The molecule has 1 aromatic carbocycles. The Balaban J connectivity index is 1.92. The van der Waals surface area contributed by atoms with Crippen LogP contribution in [0.15, 0.2) is 29.2 Å². The van der Waals surface area contributed by atoms with Gasteiger partial charge in [0.2, 0.25) is 0 Å². The maximum Gasteiger partial charge on any atom is 0.179 e. The first-order valence-electron chi connectivity index (χ1n) is 6.36. The van der Waals surface area contributed by atoms with Crippen molar-refractivity contribution in [1.82, 2.24) is 9.80 Å². The number of hydrogen-bond acceptors (Lipinski definition) is 4. The molecule has 6 heteroatoms. The van der Waals surface area contributed by atoms with Gasteiger partial charge in [-0.15, -0.1) is 0 Å². The average Bonchev–Trinajstić information content (AvgIpc) is 2.39. The maximum atomic E-state index is 12.8. The van der Waals surface area contributed by atoms with Crippen molar-refractivity contribution in [3.63, 3.8) is 0 Å². The van der Waals surface area contributed by atoms with Gasteiger partial charge < -0.3 is 4.90 Å². The SMILES string of the molecule is CN1CCN(CCS(=O)(=O)c2ccc(F)cc2)CC1. The number of benzene rings is 1. The predicted molar refractivity (Wildman–Crippen MR) is 72.4 cm³/mol. The molecule has 0 atom stereocenters. The minimum atomic E-state index is -3.31. The molecular weight excluding hydrogens is 267 g/mol. The van der Waals surface area contributed by atoms with Crippen LogP contribution in [0.2, 0.25) is 0 Å². The fourth-order valence-electron chi connectivity index (χ4n) is 2.08. The van der Waals surface area contributed by atoms with Crippen molar-refractivity contribution in [2.24, 2.45) is 0 Å². The molecule has 1 aliphatic rings. The third kappa shape index (κ3) is 3.99. The molecule has 1 aliphatic heterocycles. The molecule has 1 fully saturated rings. The van der Waals surface area contributed by atoms with Crippen molar-refractivity contribution in [2.75, 3.05) is 45.5 Å². The van der Waals surface area contributed by atoms with Crippen molar-refractivity contribution in [1.29, 1.82) is 0 Å². The summed E-state index contributed by atoms with van der Waals surface area (Å²) < 4.78 is 37.0. The highest BCUT2D eigenvalue weighted by Gasteiger charge is 2.19. The predicted octanol–water partition coefficient (Wildman–Crippen LogP) is 0.847. The maximum absolute atomic E-state index is 12.8. The number of halogens is 1. The first-order valence-corrected chi connectivity index (χ1v) is 8.02. The Labute approximate surface area is 113 Å². The number of rotatable bonds is 4. The van der Waals surface area contributed by atoms with Crippen LogP contribution in [0.4, 0.5) is 4.39 Å². The third-order valence-electron chi connectivity index (χ3n) is 3.44. The first-order chi connectivity index (χ1) is 8.97. The Morgan fingerprint density at radius 3 is 2.26 bits per heavy atom. The molecule has 4 nitrogen and oxygen atoms in total. The van der Waals surface area contributed by atoms with Crippen molar-refractivity contribution in [3.8, 4) is 0 Å². The summed E-state index contributed by atoms with van der Waals surface area (Å²) in [6.07, 6.45) is 0. The lowest BCUT2D eigenvalue weighted by atomic mass is 10.3. The van der Waals surface area contributed by atoms with Gasteiger partial charge in [-0.3, -0.25) is 4.90 Å². The van der Waals surface area contributed by atoms with Crippen LogP contribution in [0.5, 0.6) is 0 Å². The van der Waals surface area contributed by atoms with Crippen molar-refractivity contribution in [3.05, 3.63) is 30.1 Å². The van der Waals surface area contributed by atoms with Gasteiger partial charge in [0, 0.05) is 32.7 Å². The molecule has 0 amide bonds. The molecule has 0 radical (unpaired) electrons. The van der Waals surface area contributed by atoms with Gasteiger partial charge in [0.1, 0.15) is 5.82 Å². The van der Waals surface area contributed by atoms with Crippen molar-refractivity contribution >= 4 is 9.84 Å². The smallest absolute Gasteiger partial charge is 0.179 e. The highest BCUT2D eigenvalue weighted by molar-refractivity contribution is 7.91. The van der Waals surface area contributed by atoms with E-state index in [4.69, 9.17) is 0 Å². The molecule has 0 aliphatic carbocycles. The molecule has 0 spiro atoms. The number of piperazine rings is 1. The van der Waals surface area contributed by atoms with E-state index < -0.39 is 15.7 Å². The van der Waals surface area contributed by atoms with Crippen LogP contribution in [-0.4, -0.2) is 63.7 Å².